The molecule has 1 amide bonds. The van der Waals surface area contributed by atoms with Gasteiger partial charge in [-0.15, -0.1) is 0 Å². The Morgan fingerprint density at radius 3 is 2.67 bits per heavy atom. The van der Waals surface area contributed by atoms with Crippen molar-refractivity contribution in [3.63, 3.8) is 0 Å². The summed E-state index contributed by atoms with van der Waals surface area (Å²) in [5.74, 6) is 0.799. The summed E-state index contributed by atoms with van der Waals surface area (Å²) >= 11 is 4.73. The number of alkyl halides is 1. The Hall–Kier alpha value is -0.230. The summed E-state index contributed by atoms with van der Waals surface area (Å²) in [6, 6.07) is -0.448. The number of ketones is 1. The quantitative estimate of drug-likeness (QED) is 0.728. The zero-order valence-corrected chi connectivity index (χ0v) is 11.3. The molecule has 0 aromatic heterocycles. The molecular weight excluding hydrogens is 282 g/mol. The second-order valence-electron chi connectivity index (χ2n) is 2.80. The van der Waals surface area contributed by atoms with Crippen LogP contribution in [0.4, 0.5) is 4.79 Å². The van der Waals surface area contributed by atoms with Crippen molar-refractivity contribution in [1.82, 2.24) is 5.32 Å². The van der Waals surface area contributed by atoms with Crippen LogP contribution in [0.2, 0.25) is 0 Å². The minimum atomic E-state index is -0.530. The molecule has 0 fully saturated rings. The highest BCUT2D eigenvalue weighted by molar-refractivity contribution is 9.09. The van der Waals surface area contributed by atoms with Gasteiger partial charge in [0.25, 0.3) is 0 Å². The van der Waals surface area contributed by atoms with Gasteiger partial charge < -0.3 is 10.1 Å². The molecule has 0 aliphatic rings. The number of carbonyl (C=O) groups is 2. The Bertz CT molecular complexity index is 214. The van der Waals surface area contributed by atoms with Crippen molar-refractivity contribution in [2.45, 2.75) is 19.4 Å². The van der Waals surface area contributed by atoms with Crippen molar-refractivity contribution < 1.29 is 14.3 Å². The van der Waals surface area contributed by atoms with Gasteiger partial charge in [-0.1, -0.05) is 15.9 Å². The molecule has 0 radical (unpaired) electrons. The number of hydrogen-bond acceptors (Lipinski definition) is 4. The van der Waals surface area contributed by atoms with E-state index in [2.05, 4.69) is 21.2 Å². The van der Waals surface area contributed by atoms with Gasteiger partial charge in [-0.2, -0.15) is 11.8 Å². The number of halogens is 1. The maximum atomic E-state index is 11.4. The fourth-order valence-electron chi connectivity index (χ4n) is 0.958. The summed E-state index contributed by atoms with van der Waals surface area (Å²) in [5, 5.41) is 2.80. The van der Waals surface area contributed by atoms with E-state index in [-0.39, 0.29) is 11.1 Å². The Kier molecular flexibility index (Phi) is 8.89. The van der Waals surface area contributed by atoms with Crippen LogP contribution < -0.4 is 5.32 Å². The summed E-state index contributed by atoms with van der Waals surface area (Å²) in [4.78, 5) is 22.6. The number of alkyl carbamates (subject to hydrolysis) is 1. The summed E-state index contributed by atoms with van der Waals surface area (Å²) in [6.07, 6.45) is 2.06. The second-order valence-corrected chi connectivity index (χ2v) is 4.35. The normalized spacial score (nSPS) is 11.9. The van der Waals surface area contributed by atoms with E-state index in [0.717, 1.165) is 5.75 Å². The van der Waals surface area contributed by atoms with Crippen LogP contribution in [0.25, 0.3) is 0 Å². The van der Waals surface area contributed by atoms with Gasteiger partial charge in [0.1, 0.15) is 0 Å². The lowest BCUT2D eigenvalue weighted by Gasteiger charge is -2.15. The molecule has 0 heterocycles. The molecule has 0 saturated heterocycles. The lowest BCUT2D eigenvalue weighted by molar-refractivity contribution is -0.118. The van der Waals surface area contributed by atoms with Gasteiger partial charge in [-0.25, -0.2) is 4.79 Å². The molecular formula is C9H16BrNO3S. The van der Waals surface area contributed by atoms with Crippen LogP contribution in [0, 0.1) is 0 Å². The van der Waals surface area contributed by atoms with Gasteiger partial charge in [0.2, 0.25) is 0 Å². The van der Waals surface area contributed by atoms with E-state index >= 15 is 0 Å². The predicted octanol–water partition coefficient (Wildman–Crippen LogP) is 1.82. The third-order valence-electron chi connectivity index (χ3n) is 1.70. The average Bonchev–Trinajstić information content (AvgIpc) is 2.23. The van der Waals surface area contributed by atoms with Gasteiger partial charge in [0, 0.05) is 0 Å². The molecule has 0 aliphatic heterocycles. The van der Waals surface area contributed by atoms with Gasteiger partial charge in [-0.3, -0.25) is 4.79 Å². The maximum Gasteiger partial charge on any atom is 0.407 e. The second kappa shape index (κ2) is 9.03. The van der Waals surface area contributed by atoms with E-state index in [4.69, 9.17) is 4.74 Å². The highest BCUT2D eigenvalue weighted by Crippen LogP contribution is 2.03. The van der Waals surface area contributed by atoms with Gasteiger partial charge in [0.15, 0.2) is 5.78 Å². The zero-order valence-electron chi connectivity index (χ0n) is 8.92. The zero-order chi connectivity index (χ0) is 11.7. The smallest absolute Gasteiger partial charge is 0.407 e. The first kappa shape index (κ1) is 14.8. The number of nitrogens with one attached hydrogen (secondary N) is 1. The molecule has 88 valence electrons. The summed E-state index contributed by atoms with van der Waals surface area (Å²) < 4.78 is 4.72. The third-order valence-corrected chi connectivity index (χ3v) is 2.90. The van der Waals surface area contributed by atoms with Gasteiger partial charge >= 0.3 is 6.09 Å². The summed E-state index contributed by atoms with van der Waals surface area (Å²) in [5.41, 5.74) is 0. The average molecular weight is 298 g/mol. The van der Waals surface area contributed by atoms with Crippen LogP contribution in [0.15, 0.2) is 0 Å². The van der Waals surface area contributed by atoms with Gasteiger partial charge in [-0.05, 0) is 25.4 Å². The molecule has 0 saturated carbocycles. The number of amides is 1. The lowest BCUT2D eigenvalue weighted by Crippen LogP contribution is -2.42. The van der Waals surface area contributed by atoms with E-state index in [9.17, 15) is 9.59 Å². The van der Waals surface area contributed by atoms with Crippen LogP contribution in [0.5, 0.6) is 0 Å². The van der Waals surface area contributed by atoms with Crippen LogP contribution in [-0.2, 0) is 9.53 Å². The number of Topliss-reactive ketones (excluding diaryl/α,β-unsaturated/α-hetero) is 1. The molecule has 4 nitrogen and oxygen atoms in total. The van der Waals surface area contributed by atoms with Crippen molar-refractivity contribution >= 4 is 39.6 Å². The molecule has 0 rings (SSSR count). The van der Waals surface area contributed by atoms with Crippen molar-refractivity contribution in [2.75, 3.05) is 23.9 Å². The van der Waals surface area contributed by atoms with Crippen LogP contribution in [0.1, 0.15) is 13.3 Å². The van der Waals surface area contributed by atoms with Crippen LogP contribution in [-0.4, -0.2) is 41.9 Å². The largest absolute Gasteiger partial charge is 0.450 e. The number of thioether (sulfide) groups is 1. The van der Waals surface area contributed by atoms with Crippen molar-refractivity contribution in [2.24, 2.45) is 0 Å². The monoisotopic (exact) mass is 297 g/mol. The van der Waals surface area contributed by atoms with Crippen molar-refractivity contribution in [3.8, 4) is 0 Å². The van der Waals surface area contributed by atoms with E-state index in [1.165, 1.54) is 0 Å². The molecule has 0 aromatic rings. The van der Waals surface area contributed by atoms with E-state index in [1.54, 1.807) is 18.7 Å². The van der Waals surface area contributed by atoms with Crippen molar-refractivity contribution in [3.05, 3.63) is 0 Å². The molecule has 0 spiro atoms. The number of rotatable bonds is 7. The minimum Gasteiger partial charge on any atom is -0.450 e. The van der Waals surface area contributed by atoms with Crippen molar-refractivity contribution in [1.29, 1.82) is 0 Å². The number of hydrogen-bond donors (Lipinski definition) is 1. The molecule has 1 N–H and O–H groups in total. The van der Waals surface area contributed by atoms with Crippen LogP contribution >= 0.6 is 27.7 Å². The first-order valence-corrected chi connectivity index (χ1v) is 7.18. The Morgan fingerprint density at radius 1 is 1.53 bits per heavy atom. The Morgan fingerprint density at radius 2 is 2.20 bits per heavy atom. The molecule has 15 heavy (non-hydrogen) atoms. The fourth-order valence-corrected chi connectivity index (χ4v) is 1.82. The number of ether oxygens (including phenoxy) is 1. The third kappa shape index (κ3) is 6.78. The summed E-state index contributed by atoms with van der Waals surface area (Å²) in [6.45, 7) is 2.03. The fraction of sp³-hybridized carbons (Fsp3) is 0.778. The summed E-state index contributed by atoms with van der Waals surface area (Å²) in [7, 11) is 0. The number of carbonyl (C=O) groups excluding carboxylic acids is 2. The first-order chi connectivity index (χ1) is 7.15. The van der Waals surface area contributed by atoms with E-state index in [0.29, 0.717) is 13.0 Å². The highest BCUT2D eigenvalue weighted by Gasteiger charge is 2.19. The Balaban J connectivity index is 4.11. The lowest BCUT2D eigenvalue weighted by atomic mass is 10.1. The van der Waals surface area contributed by atoms with E-state index in [1.807, 2.05) is 6.26 Å². The molecule has 0 bridgehead atoms. The molecule has 6 heteroatoms. The minimum absolute atomic E-state index is 0.0305. The maximum absolute atomic E-state index is 11.4. The molecule has 1 atom stereocenters. The SMILES string of the molecule is CCOC(=O)NC(CCSC)C(=O)CBr. The Labute approximate surface area is 103 Å². The predicted molar refractivity (Wildman–Crippen MR) is 65.7 cm³/mol. The van der Waals surface area contributed by atoms with Gasteiger partial charge in [0.05, 0.1) is 18.0 Å². The molecule has 1 unspecified atom stereocenters. The standard InChI is InChI=1S/C9H16BrNO3S/c1-3-14-9(13)11-7(4-5-15-2)8(12)6-10/h7H,3-6H2,1-2H3,(H,11,13). The molecule has 0 aromatic carbocycles. The highest BCUT2D eigenvalue weighted by atomic mass is 79.9. The topological polar surface area (TPSA) is 55.4 Å². The molecule has 0 aliphatic carbocycles. The first-order valence-electron chi connectivity index (χ1n) is 4.66. The van der Waals surface area contributed by atoms with E-state index < -0.39 is 12.1 Å². The van der Waals surface area contributed by atoms with Crippen LogP contribution in [0.3, 0.4) is 0 Å².